The highest BCUT2D eigenvalue weighted by Gasteiger charge is 2.08. The van der Waals surface area contributed by atoms with Crippen LogP contribution in [0, 0.1) is 0 Å². The van der Waals surface area contributed by atoms with E-state index in [9.17, 15) is 4.79 Å². The van der Waals surface area contributed by atoms with Crippen molar-refractivity contribution in [2.75, 3.05) is 7.11 Å². The summed E-state index contributed by atoms with van der Waals surface area (Å²) < 4.78 is 5.18. The zero-order valence-corrected chi connectivity index (χ0v) is 9.54. The van der Waals surface area contributed by atoms with Gasteiger partial charge in [-0.3, -0.25) is 4.79 Å². The van der Waals surface area contributed by atoms with E-state index in [1.165, 1.54) is 0 Å². The van der Waals surface area contributed by atoms with Crippen LogP contribution in [0.25, 0.3) is 10.9 Å². The second-order valence-corrected chi connectivity index (χ2v) is 3.79. The van der Waals surface area contributed by atoms with Gasteiger partial charge < -0.3 is 9.72 Å². The Hall–Kier alpha value is -1.77. The van der Waals surface area contributed by atoms with E-state index in [4.69, 9.17) is 4.74 Å². The first-order valence-corrected chi connectivity index (χ1v) is 5.40. The molecule has 0 spiro atoms. The van der Waals surface area contributed by atoms with Gasteiger partial charge in [-0.1, -0.05) is 6.92 Å². The lowest BCUT2D eigenvalue weighted by molar-refractivity contribution is -0.118. The van der Waals surface area contributed by atoms with Gasteiger partial charge in [0.2, 0.25) is 0 Å². The molecule has 1 heterocycles. The summed E-state index contributed by atoms with van der Waals surface area (Å²) in [7, 11) is 1.64. The Bertz CT molecular complexity index is 514. The molecule has 2 rings (SSSR count). The lowest BCUT2D eigenvalue weighted by Gasteiger charge is -2.01. The Morgan fingerprint density at radius 2 is 2.25 bits per heavy atom. The van der Waals surface area contributed by atoms with Crippen LogP contribution in [0.1, 0.15) is 18.9 Å². The van der Waals surface area contributed by atoms with Gasteiger partial charge in [-0.05, 0) is 23.8 Å². The fourth-order valence-electron chi connectivity index (χ4n) is 1.77. The number of Topliss-reactive ketones (excluding diaryl/α,β-unsaturated/α-hetero) is 1. The minimum Gasteiger partial charge on any atom is -0.497 e. The van der Waals surface area contributed by atoms with Crippen molar-refractivity contribution < 1.29 is 9.53 Å². The molecule has 0 atom stereocenters. The standard InChI is InChI=1S/C13H15NO2/c1-3-10(15)6-9-8-14-13-5-4-11(16-2)7-12(9)13/h4-5,7-8,14H,3,6H2,1-2H3. The number of benzene rings is 1. The van der Waals surface area contributed by atoms with E-state index in [1.807, 2.05) is 31.3 Å². The number of H-pyrrole nitrogens is 1. The molecule has 1 N–H and O–H groups in total. The summed E-state index contributed by atoms with van der Waals surface area (Å²) in [4.78, 5) is 14.6. The van der Waals surface area contributed by atoms with Crippen molar-refractivity contribution in [2.45, 2.75) is 19.8 Å². The first-order chi connectivity index (χ1) is 7.74. The number of carbonyl (C=O) groups is 1. The van der Waals surface area contributed by atoms with Gasteiger partial charge >= 0.3 is 0 Å². The maximum atomic E-state index is 11.4. The summed E-state index contributed by atoms with van der Waals surface area (Å²) in [5.74, 6) is 1.07. The van der Waals surface area contributed by atoms with Crippen LogP contribution in [-0.2, 0) is 11.2 Å². The van der Waals surface area contributed by atoms with Crippen molar-refractivity contribution in [3.8, 4) is 5.75 Å². The van der Waals surface area contributed by atoms with Crippen molar-refractivity contribution in [3.63, 3.8) is 0 Å². The highest BCUT2D eigenvalue weighted by atomic mass is 16.5. The van der Waals surface area contributed by atoms with Gasteiger partial charge in [0.05, 0.1) is 7.11 Å². The second kappa shape index (κ2) is 4.39. The third kappa shape index (κ3) is 1.94. The molecular weight excluding hydrogens is 202 g/mol. The van der Waals surface area contributed by atoms with Crippen LogP contribution in [0.5, 0.6) is 5.75 Å². The van der Waals surface area contributed by atoms with Gasteiger partial charge in [-0.2, -0.15) is 0 Å². The van der Waals surface area contributed by atoms with E-state index in [0.717, 1.165) is 22.2 Å². The molecule has 0 fully saturated rings. The molecule has 0 aliphatic heterocycles. The quantitative estimate of drug-likeness (QED) is 0.855. The fraction of sp³-hybridized carbons (Fsp3) is 0.308. The Morgan fingerprint density at radius 3 is 2.94 bits per heavy atom. The zero-order chi connectivity index (χ0) is 11.5. The van der Waals surface area contributed by atoms with Gasteiger partial charge in [-0.25, -0.2) is 0 Å². The van der Waals surface area contributed by atoms with Crippen LogP contribution in [0.3, 0.4) is 0 Å². The highest BCUT2D eigenvalue weighted by molar-refractivity contribution is 5.90. The number of hydrogen-bond donors (Lipinski definition) is 1. The number of rotatable bonds is 4. The summed E-state index contributed by atoms with van der Waals surface area (Å²) >= 11 is 0. The number of hydrogen-bond acceptors (Lipinski definition) is 2. The van der Waals surface area contributed by atoms with Gasteiger partial charge in [0.25, 0.3) is 0 Å². The number of aromatic nitrogens is 1. The molecule has 0 saturated carbocycles. The summed E-state index contributed by atoms with van der Waals surface area (Å²) in [6, 6.07) is 5.84. The molecule has 0 unspecified atom stereocenters. The molecule has 0 radical (unpaired) electrons. The summed E-state index contributed by atoms with van der Waals surface area (Å²) in [6.45, 7) is 1.89. The molecule has 2 aromatic rings. The first kappa shape index (κ1) is 10.7. The van der Waals surface area contributed by atoms with Gasteiger partial charge in [0.15, 0.2) is 0 Å². The van der Waals surface area contributed by atoms with E-state index in [-0.39, 0.29) is 5.78 Å². The molecule has 0 aliphatic rings. The number of ether oxygens (including phenoxy) is 1. The lowest BCUT2D eigenvalue weighted by Crippen LogP contribution is -1.99. The molecule has 1 aromatic carbocycles. The number of aromatic amines is 1. The molecule has 84 valence electrons. The zero-order valence-electron chi connectivity index (χ0n) is 9.54. The van der Waals surface area contributed by atoms with E-state index in [1.54, 1.807) is 7.11 Å². The minimum absolute atomic E-state index is 0.253. The first-order valence-electron chi connectivity index (χ1n) is 5.40. The van der Waals surface area contributed by atoms with Crippen LogP contribution in [-0.4, -0.2) is 17.9 Å². The largest absolute Gasteiger partial charge is 0.497 e. The normalized spacial score (nSPS) is 10.6. The molecular formula is C13H15NO2. The molecule has 0 bridgehead atoms. The van der Waals surface area contributed by atoms with Crippen LogP contribution >= 0.6 is 0 Å². The third-order valence-corrected chi connectivity index (χ3v) is 2.76. The van der Waals surface area contributed by atoms with Crippen LogP contribution in [0.2, 0.25) is 0 Å². The topological polar surface area (TPSA) is 42.1 Å². The maximum Gasteiger partial charge on any atom is 0.137 e. The van der Waals surface area contributed by atoms with E-state index < -0.39 is 0 Å². The Balaban J connectivity index is 2.41. The predicted octanol–water partition coefficient (Wildman–Crippen LogP) is 2.70. The SMILES string of the molecule is CCC(=O)Cc1c[nH]c2ccc(OC)cc12. The Kier molecular flexibility index (Phi) is 2.95. The average molecular weight is 217 g/mol. The van der Waals surface area contributed by atoms with Crippen molar-refractivity contribution in [1.82, 2.24) is 4.98 Å². The van der Waals surface area contributed by atoms with Crippen LogP contribution in [0.15, 0.2) is 24.4 Å². The average Bonchev–Trinajstić information content (AvgIpc) is 2.71. The number of nitrogens with one attached hydrogen (secondary N) is 1. The maximum absolute atomic E-state index is 11.4. The second-order valence-electron chi connectivity index (χ2n) is 3.79. The molecule has 3 nitrogen and oxygen atoms in total. The number of ketones is 1. The molecule has 3 heteroatoms. The molecule has 0 aliphatic carbocycles. The van der Waals surface area contributed by atoms with Gasteiger partial charge in [0, 0.05) is 29.9 Å². The Labute approximate surface area is 94.4 Å². The third-order valence-electron chi connectivity index (χ3n) is 2.76. The fourth-order valence-corrected chi connectivity index (χ4v) is 1.77. The molecule has 16 heavy (non-hydrogen) atoms. The number of carbonyl (C=O) groups excluding carboxylic acids is 1. The summed E-state index contributed by atoms with van der Waals surface area (Å²) in [5.41, 5.74) is 2.08. The monoisotopic (exact) mass is 217 g/mol. The predicted molar refractivity (Wildman–Crippen MR) is 63.9 cm³/mol. The van der Waals surface area contributed by atoms with E-state index in [0.29, 0.717) is 12.8 Å². The van der Waals surface area contributed by atoms with Crippen molar-refractivity contribution in [3.05, 3.63) is 30.0 Å². The van der Waals surface area contributed by atoms with Gasteiger partial charge in [-0.15, -0.1) is 0 Å². The minimum atomic E-state index is 0.253. The summed E-state index contributed by atoms with van der Waals surface area (Å²) in [6.07, 6.45) is 2.97. The van der Waals surface area contributed by atoms with Gasteiger partial charge in [0.1, 0.15) is 11.5 Å². The van der Waals surface area contributed by atoms with Crippen molar-refractivity contribution >= 4 is 16.7 Å². The Morgan fingerprint density at radius 1 is 1.44 bits per heavy atom. The lowest BCUT2D eigenvalue weighted by atomic mass is 10.1. The molecule has 0 saturated heterocycles. The molecule has 1 aromatic heterocycles. The number of fused-ring (bicyclic) bond motifs is 1. The smallest absolute Gasteiger partial charge is 0.137 e. The highest BCUT2D eigenvalue weighted by Crippen LogP contribution is 2.24. The molecule has 0 amide bonds. The van der Waals surface area contributed by atoms with Crippen molar-refractivity contribution in [1.29, 1.82) is 0 Å². The van der Waals surface area contributed by atoms with Crippen LogP contribution in [0.4, 0.5) is 0 Å². The van der Waals surface area contributed by atoms with E-state index >= 15 is 0 Å². The van der Waals surface area contributed by atoms with E-state index in [2.05, 4.69) is 4.98 Å². The number of methoxy groups -OCH3 is 1. The van der Waals surface area contributed by atoms with Crippen molar-refractivity contribution in [2.24, 2.45) is 0 Å². The van der Waals surface area contributed by atoms with Crippen LogP contribution < -0.4 is 4.74 Å². The summed E-state index contributed by atoms with van der Waals surface area (Å²) in [5, 5.41) is 1.07.